The molecule has 0 aliphatic rings. The standard InChI is InChI=1S/C15H11FN2OS/c16-12-6-8-13(9-7-12)20-10-14-17-18-15(19-14)11-4-2-1-3-5-11/h1-9H,10H2. The third-order valence-corrected chi connectivity index (χ3v) is 3.66. The van der Waals surface area contributed by atoms with Gasteiger partial charge in [-0.1, -0.05) is 18.2 Å². The SMILES string of the molecule is Fc1ccc(SCc2nnc(-c3ccccc3)o2)cc1. The summed E-state index contributed by atoms with van der Waals surface area (Å²) in [5.74, 6) is 1.39. The number of rotatable bonds is 4. The molecule has 0 fully saturated rings. The molecule has 0 aliphatic heterocycles. The minimum Gasteiger partial charge on any atom is -0.420 e. The first-order valence-electron chi connectivity index (χ1n) is 6.07. The lowest BCUT2D eigenvalue weighted by atomic mass is 10.2. The van der Waals surface area contributed by atoms with Crippen LogP contribution in [-0.2, 0) is 5.75 Å². The molecule has 0 saturated carbocycles. The first-order valence-corrected chi connectivity index (χ1v) is 7.06. The van der Waals surface area contributed by atoms with E-state index in [1.807, 2.05) is 30.3 Å². The minimum atomic E-state index is -0.237. The van der Waals surface area contributed by atoms with E-state index in [0.29, 0.717) is 17.5 Å². The molecule has 0 spiro atoms. The highest BCUT2D eigenvalue weighted by Crippen LogP contribution is 2.24. The van der Waals surface area contributed by atoms with E-state index in [9.17, 15) is 4.39 Å². The lowest BCUT2D eigenvalue weighted by Crippen LogP contribution is -1.81. The molecule has 100 valence electrons. The summed E-state index contributed by atoms with van der Waals surface area (Å²) in [6, 6.07) is 16.0. The Balaban J connectivity index is 1.67. The average Bonchev–Trinajstić information content (AvgIpc) is 2.97. The van der Waals surface area contributed by atoms with Crippen LogP contribution in [-0.4, -0.2) is 10.2 Å². The highest BCUT2D eigenvalue weighted by atomic mass is 32.2. The van der Waals surface area contributed by atoms with E-state index in [2.05, 4.69) is 10.2 Å². The Bertz CT molecular complexity index is 683. The van der Waals surface area contributed by atoms with E-state index < -0.39 is 0 Å². The molecule has 5 heteroatoms. The summed E-state index contributed by atoms with van der Waals surface area (Å²) in [6.45, 7) is 0. The smallest absolute Gasteiger partial charge is 0.247 e. The van der Waals surface area contributed by atoms with Gasteiger partial charge in [0.25, 0.3) is 0 Å². The number of hydrogen-bond donors (Lipinski definition) is 0. The number of halogens is 1. The van der Waals surface area contributed by atoms with Gasteiger partial charge in [-0.25, -0.2) is 4.39 Å². The topological polar surface area (TPSA) is 38.9 Å². The van der Waals surface area contributed by atoms with Crippen molar-refractivity contribution in [2.45, 2.75) is 10.6 Å². The normalized spacial score (nSPS) is 10.7. The summed E-state index contributed by atoms with van der Waals surface area (Å²) in [6.07, 6.45) is 0. The summed E-state index contributed by atoms with van der Waals surface area (Å²) in [7, 11) is 0. The highest BCUT2D eigenvalue weighted by Gasteiger charge is 2.08. The zero-order valence-corrected chi connectivity index (χ0v) is 11.3. The van der Waals surface area contributed by atoms with Crippen molar-refractivity contribution in [3.63, 3.8) is 0 Å². The molecule has 1 heterocycles. The molecule has 20 heavy (non-hydrogen) atoms. The maximum atomic E-state index is 12.8. The zero-order valence-electron chi connectivity index (χ0n) is 10.5. The molecule has 0 N–H and O–H groups in total. The largest absolute Gasteiger partial charge is 0.420 e. The zero-order chi connectivity index (χ0) is 13.8. The summed E-state index contributed by atoms with van der Waals surface area (Å²) in [5, 5.41) is 8.04. The Morgan fingerprint density at radius 2 is 1.70 bits per heavy atom. The number of aromatic nitrogens is 2. The van der Waals surface area contributed by atoms with Crippen LogP contribution in [0.15, 0.2) is 63.9 Å². The van der Waals surface area contributed by atoms with Crippen LogP contribution in [0.1, 0.15) is 5.89 Å². The second-order valence-corrected chi connectivity index (χ2v) is 5.16. The Morgan fingerprint density at radius 1 is 0.950 bits per heavy atom. The molecule has 0 atom stereocenters. The van der Waals surface area contributed by atoms with Crippen molar-refractivity contribution in [1.29, 1.82) is 0 Å². The predicted molar refractivity (Wildman–Crippen MR) is 75.7 cm³/mol. The van der Waals surface area contributed by atoms with E-state index in [-0.39, 0.29) is 5.82 Å². The third-order valence-electron chi connectivity index (χ3n) is 2.66. The van der Waals surface area contributed by atoms with Crippen molar-refractivity contribution in [3.8, 4) is 11.5 Å². The molecule has 3 nitrogen and oxygen atoms in total. The quantitative estimate of drug-likeness (QED) is 0.675. The van der Waals surface area contributed by atoms with E-state index in [4.69, 9.17) is 4.42 Å². The van der Waals surface area contributed by atoms with Gasteiger partial charge >= 0.3 is 0 Å². The Kier molecular flexibility index (Phi) is 3.78. The van der Waals surface area contributed by atoms with Crippen molar-refractivity contribution in [2.75, 3.05) is 0 Å². The van der Waals surface area contributed by atoms with Gasteiger partial charge < -0.3 is 4.42 Å². The van der Waals surface area contributed by atoms with Crippen LogP contribution in [0.2, 0.25) is 0 Å². The molecule has 0 aliphatic carbocycles. The molecule has 0 radical (unpaired) electrons. The molecule has 0 saturated heterocycles. The fourth-order valence-electron chi connectivity index (χ4n) is 1.69. The lowest BCUT2D eigenvalue weighted by molar-refractivity contribution is 0.528. The first-order chi connectivity index (χ1) is 9.81. The number of nitrogens with zero attached hydrogens (tertiary/aromatic N) is 2. The van der Waals surface area contributed by atoms with E-state index >= 15 is 0 Å². The second-order valence-electron chi connectivity index (χ2n) is 4.11. The number of thioether (sulfide) groups is 1. The molecule has 3 aromatic rings. The van der Waals surface area contributed by atoms with Crippen molar-refractivity contribution in [2.24, 2.45) is 0 Å². The van der Waals surface area contributed by atoms with Crippen LogP contribution in [0, 0.1) is 5.82 Å². The van der Waals surface area contributed by atoms with Crippen molar-refractivity contribution >= 4 is 11.8 Å². The molecule has 1 aromatic heterocycles. The van der Waals surface area contributed by atoms with Crippen LogP contribution in [0.3, 0.4) is 0 Å². The van der Waals surface area contributed by atoms with E-state index in [0.717, 1.165) is 10.5 Å². The van der Waals surface area contributed by atoms with Crippen LogP contribution in [0.5, 0.6) is 0 Å². The van der Waals surface area contributed by atoms with Crippen LogP contribution in [0.4, 0.5) is 4.39 Å². The maximum Gasteiger partial charge on any atom is 0.247 e. The second kappa shape index (κ2) is 5.88. The lowest BCUT2D eigenvalue weighted by Gasteiger charge is -1.97. The van der Waals surface area contributed by atoms with Gasteiger partial charge in [0.1, 0.15) is 5.82 Å². The minimum absolute atomic E-state index is 0.237. The fraction of sp³-hybridized carbons (Fsp3) is 0.0667. The van der Waals surface area contributed by atoms with Gasteiger partial charge in [-0.15, -0.1) is 22.0 Å². The Morgan fingerprint density at radius 3 is 2.45 bits per heavy atom. The van der Waals surface area contributed by atoms with Gasteiger partial charge in [0.15, 0.2) is 0 Å². The molecule has 2 aromatic carbocycles. The van der Waals surface area contributed by atoms with Crippen LogP contribution < -0.4 is 0 Å². The third kappa shape index (κ3) is 3.05. The molecular weight excluding hydrogens is 275 g/mol. The molecule has 3 rings (SSSR count). The Labute approximate surface area is 119 Å². The highest BCUT2D eigenvalue weighted by molar-refractivity contribution is 7.98. The summed E-state index contributed by atoms with van der Waals surface area (Å²) < 4.78 is 18.4. The van der Waals surface area contributed by atoms with E-state index in [1.54, 1.807) is 12.1 Å². The first kappa shape index (κ1) is 12.9. The molecular formula is C15H11FN2OS. The van der Waals surface area contributed by atoms with Crippen molar-refractivity contribution in [1.82, 2.24) is 10.2 Å². The van der Waals surface area contributed by atoms with Gasteiger partial charge in [-0.3, -0.25) is 0 Å². The van der Waals surface area contributed by atoms with Gasteiger partial charge in [-0.05, 0) is 36.4 Å². The van der Waals surface area contributed by atoms with Crippen molar-refractivity contribution in [3.05, 3.63) is 66.3 Å². The summed E-state index contributed by atoms with van der Waals surface area (Å²) in [5.41, 5.74) is 0.901. The average molecular weight is 286 g/mol. The fourth-order valence-corrected chi connectivity index (χ4v) is 2.42. The van der Waals surface area contributed by atoms with Gasteiger partial charge in [-0.2, -0.15) is 0 Å². The summed E-state index contributed by atoms with van der Waals surface area (Å²) >= 11 is 1.53. The van der Waals surface area contributed by atoms with Crippen molar-refractivity contribution < 1.29 is 8.81 Å². The van der Waals surface area contributed by atoms with Gasteiger partial charge in [0.05, 0.1) is 5.75 Å². The van der Waals surface area contributed by atoms with E-state index in [1.165, 1.54) is 23.9 Å². The van der Waals surface area contributed by atoms with Crippen LogP contribution in [0.25, 0.3) is 11.5 Å². The number of hydrogen-bond acceptors (Lipinski definition) is 4. The molecule has 0 unspecified atom stereocenters. The number of benzene rings is 2. The van der Waals surface area contributed by atoms with Gasteiger partial charge in [0, 0.05) is 10.5 Å². The van der Waals surface area contributed by atoms with Crippen LogP contribution >= 0.6 is 11.8 Å². The monoisotopic (exact) mass is 286 g/mol. The predicted octanol–water partition coefficient (Wildman–Crippen LogP) is 4.17. The molecule has 0 amide bonds. The molecule has 0 bridgehead atoms. The maximum absolute atomic E-state index is 12.8. The summed E-state index contributed by atoms with van der Waals surface area (Å²) in [4.78, 5) is 0.964. The van der Waals surface area contributed by atoms with Gasteiger partial charge in [0.2, 0.25) is 11.8 Å². The Hall–Kier alpha value is -2.14.